The molecule has 4 nitrogen and oxygen atoms in total. The van der Waals surface area contributed by atoms with E-state index in [4.69, 9.17) is 9.47 Å². The van der Waals surface area contributed by atoms with Gasteiger partial charge in [0.1, 0.15) is 17.2 Å². The lowest BCUT2D eigenvalue weighted by atomic mass is 10.00. The Hall–Kier alpha value is -3.27. The normalized spacial score (nSPS) is 15.5. The second-order valence-corrected chi connectivity index (χ2v) is 6.14. The summed E-state index contributed by atoms with van der Waals surface area (Å²) in [5, 5.41) is 3.10. The maximum absolute atomic E-state index is 12.6. The molecule has 4 heteroatoms. The maximum atomic E-state index is 12.6. The van der Waals surface area contributed by atoms with E-state index in [9.17, 15) is 4.79 Å². The number of hydrogen-bond donors (Lipinski definition) is 1. The van der Waals surface area contributed by atoms with E-state index in [1.54, 1.807) is 24.3 Å². The van der Waals surface area contributed by atoms with Crippen LogP contribution in [0.2, 0.25) is 0 Å². The average Bonchev–Trinajstić information content (AvgIpc) is 2.70. The van der Waals surface area contributed by atoms with Crippen molar-refractivity contribution in [1.82, 2.24) is 5.32 Å². The van der Waals surface area contributed by atoms with Gasteiger partial charge in [-0.3, -0.25) is 4.79 Å². The lowest BCUT2D eigenvalue weighted by molar-refractivity contribution is 0.0925. The molecular formula is C22H19NO3. The Morgan fingerprint density at radius 2 is 1.58 bits per heavy atom. The molecule has 0 unspecified atom stereocenters. The van der Waals surface area contributed by atoms with Gasteiger partial charge in [-0.1, -0.05) is 36.4 Å². The molecule has 4 rings (SSSR count). The number of carbonyl (C=O) groups excluding carboxylic acids is 1. The van der Waals surface area contributed by atoms with Crippen molar-refractivity contribution in [2.75, 3.05) is 6.61 Å². The predicted octanol–water partition coefficient (Wildman–Crippen LogP) is 4.73. The van der Waals surface area contributed by atoms with Crippen LogP contribution in [-0.2, 0) is 0 Å². The van der Waals surface area contributed by atoms with E-state index in [-0.39, 0.29) is 11.9 Å². The van der Waals surface area contributed by atoms with Gasteiger partial charge < -0.3 is 14.8 Å². The van der Waals surface area contributed by atoms with Crippen LogP contribution in [0.1, 0.15) is 28.4 Å². The molecule has 1 N–H and O–H groups in total. The van der Waals surface area contributed by atoms with Crippen molar-refractivity contribution >= 4 is 5.91 Å². The van der Waals surface area contributed by atoms with Crippen molar-refractivity contribution in [3.63, 3.8) is 0 Å². The lowest BCUT2D eigenvalue weighted by Gasteiger charge is -2.26. The summed E-state index contributed by atoms with van der Waals surface area (Å²) in [7, 11) is 0. The molecular weight excluding hydrogens is 326 g/mol. The Kier molecular flexibility index (Phi) is 4.56. The van der Waals surface area contributed by atoms with E-state index in [0.717, 1.165) is 23.5 Å². The Bertz CT molecular complexity index is 891. The van der Waals surface area contributed by atoms with Crippen LogP contribution in [0.4, 0.5) is 0 Å². The number of rotatable bonds is 4. The van der Waals surface area contributed by atoms with E-state index in [1.165, 1.54) is 0 Å². The number of para-hydroxylation sites is 2. The van der Waals surface area contributed by atoms with Gasteiger partial charge >= 0.3 is 0 Å². The van der Waals surface area contributed by atoms with Gasteiger partial charge in [0.15, 0.2) is 0 Å². The summed E-state index contributed by atoms with van der Waals surface area (Å²) in [5.41, 5.74) is 1.63. The third kappa shape index (κ3) is 3.54. The molecule has 26 heavy (non-hydrogen) atoms. The van der Waals surface area contributed by atoms with Crippen LogP contribution >= 0.6 is 0 Å². The Morgan fingerprint density at radius 3 is 2.38 bits per heavy atom. The summed E-state index contributed by atoms with van der Waals surface area (Å²) in [6.07, 6.45) is 0.762. The molecule has 1 heterocycles. The summed E-state index contributed by atoms with van der Waals surface area (Å²) in [6, 6.07) is 24.5. The second-order valence-electron chi connectivity index (χ2n) is 6.14. The lowest BCUT2D eigenvalue weighted by Crippen LogP contribution is -2.32. The van der Waals surface area contributed by atoms with Crippen molar-refractivity contribution < 1.29 is 14.3 Å². The molecule has 0 aliphatic carbocycles. The summed E-state index contributed by atoms with van der Waals surface area (Å²) in [5.74, 6) is 2.21. The maximum Gasteiger partial charge on any atom is 0.251 e. The quantitative estimate of drug-likeness (QED) is 0.743. The van der Waals surface area contributed by atoms with Gasteiger partial charge in [-0.25, -0.2) is 0 Å². The summed E-state index contributed by atoms with van der Waals surface area (Å²) < 4.78 is 11.4. The number of ether oxygens (including phenoxy) is 2. The zero-order valence-corrected chi connectivity index (χ0v) is 14.2. The minimum atomic E-state index is -0.0991. The highest BCUT2D eigenvalue weighted by Gasteiger charge is 2.23. The van der Waals surface area contributed by atoms with E-state index in [2.05, 4.69) is 5.32 Å². The number of nitrogens with one attached hydrogen (secondary N) is 1. The molecule has 0 fully saturated rings. The van der Waals surface area contributed by atoms with Crippen LogP contribution in [0.25, 0.3) is 0 Å². The van der Waals surface area contributed by atoms with E-state index in [0.29, 0.717) is 17.9 Å². The third-order valence-corrected chi connectivity index (χ3v) is 4.36. The van der Waals surface area contributed by atoms with Gasteiger partial charge in [0.05, 0.1) is 12.6 Å². The van der Waals surface area contributed by atoms with Crippen LogP contribution in [0.15, 0.2) is 78.9 Å². The molecule has 0 bridgehead atoms. The average molecular weight is 345 g/mol. The summed E-state index contributed by atoms with van der Waals surface area (Å²) in [6.45, 7) is 0.603. The second kappa shape index (κ2) is 7.31. The van der Waals surface area contributed by atoms with Crippen LogP contribution in [0.3, 0.4) is 0 Å². The van der Waals surface area contributed by atoms with E-state index >= 15 is 0 Å². The van der Waals surface area contributed by atoms with Crippen LogP contribution in [-0.4, -0.2) is 12.5 Å². The standard InChI is InChI=1S/C22H19NO3/c24-22(23-20-14-15-25-21-9-5-4-8-19(20)21)16-10-12-18(13-11-16)26-17-6-2-1-3-7-17/h1-13,20H,14-15H2,(H,23,24)/t20-/m0/s1. The summed E-state index contributed by atoms with van der Waals surface area (Å²) in [4.78, 5) is 12.6. The van der Waals surface area contributed by atoms with E-state index in [1.807, 2.05) is 54.6 Å². The topological polar surface area (TPSA) is 47.6 Å². The van der Waals surface area contributed by atoms with Gasteiger partial charge in [-0.15, -0.1) is 0 Å². The minimum absolute atomic E-state index is 0.0345. The van der Waals surface area contributed by atoms with Crippen molar-refractivity contribution in [2.24, 2.45) is 0 Å². The number of benzene rings is 3. The highest BCUT2D eigenvalue weighted by Crippen LogP contribution is 2.31. The molecule has 0 spiro atoms. The molecule has 3 aromatic rings. The number of hydrogen-bond acceptors (Lipinski definition) is 3. The third-order valence-electron chi connectivity index (χ3n) is 4.36. The molecule has 1 aliphatic rings. The number of amides is 1. The van der Waals surface area contributed by atoms with Crippen LogP contribution in [0, 0.1) is 0 Å². The van der Waals surface area contributed by atoms with E-state index < -0.39 is 0 Å². The largest absolute Gasteiger partial charge is 0.493 e. The molecule has 1 amide bonds. The molecule has 0 radical (unpaired) electrons. The SMILES string of the molecule is O=C(N[C@H]1CCOc2ccccc21)c1ccc(Oc2ccccc2)cc1. The smallest absolute Gasteiger partial charge is 0.251 e. The number of fused-ring (bicyclic) bond motifs is 1. The first-order valence-electron chi connectivity index (χ1n) is 8.65. The minimum Gasteiger partial charge on any atom is -0.493 e. The first kappa shape index (κ1) is 16.2. The van der Waals surface area contributed by atoms with Crippen LogP contribution in [0.5, 0.6) is 17.2 Å². The van der Waals surface area contributed by atoms with Crippen molar-refractivity contribution in [3.8, 4) is 17.2 Å². The van der Waals surface area contributed by atoms with Gasteiger partial charge in [0.2, 0.25) is 0 Å². The first-order chi connectivity index (χ1) is 12.8. The molecule has 130 valence electrons. The molecule has 3 aromatic carbocycles. The summed E-state index contributed by atoms with van der Waals surface area (Å²) >= 11 is 0. The Balaban J connectivity index is 1.44. The Labute approximate surface area is 152 Å². The first-order valence-corrected chi connectivity index (χ1v) is 8.65. The highest BCUT2D eigenvalue weighted by atomic mass is 16.5. The van der Waals surface area contributed by atoms with Crippen molar-refractivity contribution in [2.45, 2.75) is 12.5 Å². The molecule has 0 saturated heterocycles. The highest BCUT2D eigenvalue weighted by molar-refractivity contribution is 5.94. The molecule has 0 saturated carbocycles. The molecule has 0 aromatic heterocycles. The molecule has 1 aliphatic heterocycles. The van der Waals surface area contributed by atoms with Gasteiger partial charge in [0, 0.05) is 17.5 Å². The fraction of sp³-hybridized carbons (Fsp3) is 0.136. The Morgan fingerprint density at radius 1 is 0.885 bits per heavy atom. The fourth-order valence-electron chi connectivity index (χ4n) is 3.03. The van der Waals surface area contributed by atoms with Crippen molar-refractivity contribution in [3.05, 3.63) is 90.0 Å². The molecule has 1 atom stereocenters. The fourth-order valence-corrected chi connectivity index (χ4v) is 3.03. The zero-order valence-electron chi connectivity index (χ0n) is 14.2. The zero-order chi connectivity index (χ0) is 17.8. The number of carbonyl (C=O) groups is 1. The monoisotopic (exact) mass is 345 g/mol. The van der Waals surface area contributed by atoms with Gasteiger partial charge in [0.25, 0.3) is 5.91 Å². The van der Waals surface area contributed by atoms with Gasteiger partial charge in [-0.2, -0.15) is 0 Å². The van der Waals surface area contributed by atoms with Crippen LogP contribution < -0.4 is 14.8 Å². The predicted molar refractivity (Wildman–Crippen MR) is 99.7 cm³/mol. The van der Waals surface area contributed by atoms with Crippen molar-refractivity contribution in [1.29, 1.82) is 0 Å². The van der Waals surface area contributed by atoms with Gasteiger partial charge in [-0.05, 0) is 42.5 Å².